The summed E-state index contributed by atoms with van der Waals surface area (Å²) in [6, 6.07) is 5.37. The summed E-state index contributed by atoms with van der Waals surface area (Å²) in [4.78, 5) is 16.2. The largest absolute Gasteiger partial charge is 0.324 e. The number of nitrogens with two attached hydrogens (primary N) is 1. The number of nitrogens with one attached hydrogen (secondary N) is 1. The third kappa shape index (κ3) is 2.77. The van der Waals surface area contributed by atoms with E-state index >= 15 is 0 Å². The second-order valence-electron chi connectivity index (χ2n) is 3.95. The molecular weight excluding hydrogens is 296 g/mol. The van der Waals surface area contributed by atoms with Crippen molar-refractivity contribution in [3.8, 4) is 0 Å². The average molecular weight is 309 g/mol. The van der Waals surface area contributed by atoms with Crippen LogP contribution in [-0.4, -0.2) is 9.55 Å². The van der Waals surface area contributed by atoms with Crippen LogP contribution in [0.25, 0.3) is 0 Å². The van der Waals surface area contributed by atoms with Crippen LogP contribution in [-0.2, 0) is 6.54 Å². The van der Waals surface area contributed by atoms with E-state index in [4.69, 9.17) is 5.84 Å². The van der Waals surface area contributed by atoms with Crippen LogP contribution in [0.5, 0.6) is 0 Å². The minimum Gasteiger partial charge on any atom is -0.324 e. The number of aromatic nitrogens is 2. The molecule has 0 saturated heterocycles. The summed E-state index contributed by atoms with van der Waals surface area (Å²) in [7, 11) is 0. The van der Waals surface area contributed by atoms with Crippen LogP contribution in [0.2, 0.25) is 0 Å². The van der Waals surface area contributed by atoms with Gasteiger partial charge in [0, 0.05) is 22.4 Å². The van der Waals surface area contributed by atoms with E-state index in [1.165, 1.54) is 0 Å². The molecule has 0 aliphatic heterocycles. The van der Waals surface area contributed by atoms with Gasteiger partial charge in [-0.15, -0.1) is 0 Å². The highest BCUT2D eigenvalue weighted by molar-refractivity contribution is 9.10. The summed E-state index contributed by atoms with van der Waals surface area (Å²) in [5, 5.41) is 0. The quantitative estimate of drug-likeness (QED) is 0.668. The molecule has 0 amide bonds. The van der Waals surface area contributed by atoms with Crippen LogP contribution < -0.4 is 16.8 Å². The van der Waals surface area contributed by atoms with Crippen molar-refractivity contribution in [1.82, 2.24) is 9.55 Å². The molecule has 0 bridgehead atoms. The van der Waals surface area contributed by atoms with Gasteiger partial charge in [-0.2, -0.15) is 0 Å². The molecule has 0 fully saturated rings. The van der Waals surface area contributed by atoms with Crippen molar-refractivity contribution >= 4 is 21.6 Å². The monoisotopic (exact) mass is 308 g/mol. The zero-order chi connectivity index (χ0) is 13.1. The molecule has 0 saturated carbocycles. The highest BCUT2D eigenvalue weighted by atomic mass is 79.9. The molecule has 0 radical (unpaired) electrons. The van der Waals surface area contributed by atoms with E-state index in [-0.39, 0.29) is 5.56 Å². The Bertz CT molecular complexity index is 624. The number of pyridine rings is 2. The second kappa shape index (κ2) is 5.32. The summed E-state index contributed by atoms with van der Waals surface area (Å²) in [6.45, 7) is 2.20. The van der Waals surface area contributed by atoms with Crippen LogP contribution >= 0.6 is 15.9 Å². The van der Waals surface area contributed by atoms with E-state index in [2.05, 4.69) is 26.3 Å². The van der Waals surface area contributed by atoms with Gasteiger partial charge in [-0.25, -0.2) is 0 Å². The first-order chi connectivity index (χ1) is 8.60. The van der Waals surface area contributed by atoms with E-state index in [1.807, 2.05) is 6.07 Å². The van der Waals surface area contributed by atoms with Gasteiger partial charge < -0.3 is 9.99 Å². The maximum atomic E-state index is 12.0. The minimum atomic E-state index is -0.0221. The highest BCUT2D eigenvalue weighted by Gasteiger charge is 2.04. The van der Waals surface area contributed by atoms with Gasteiger partial charge >= 0.3 is 0 Å². The molecule has 94 valence electrons. The first-order valence-corrected chi connectivity index (χ1v) is 6.17. The predicted octanol–water partition coefficient (Wildman–Crippen LogP) is 1.65. The molecule has 2 aromatic rings. The fourth-order valence-corrected chi connectivity index (χ4v) is 2.28. The lowest BCUT2D eigenvalue weighted by molar-refractivity contribution is 0.731. The van der Waals surface area contributed by atoms with Crippen LogP contribution in [0.15, 0.2) is 39.9 Å². The first-order valence-electron chi connectivity index (χ1n) is 5.38. The normalized spacial score (nSPS) is 10.4. The van der Waals surface area contributed by atoms with Crippen molar-refractivity contribution < 1.29 is 0 Å². The van der Waals surface area contributed by atoms with Gasteiger partial charge in [0.15, 0.2) is 0 Å². The van der Waals surface area contributed by atoms with Gasteiger partial charge in [-0.3, -0.25) is 15.6 Å². The van der Waals surface area contributed by atoms with Crippen molar-refractivity contribution in [3.63, 3.8) is 0 Å². The number of nitrogen functional groups attached to an aromatic ring is 1. The predicted molar refractivity (Wildman–Crippen MR) is 74.3 cm³/mol. The van der Waals surface area contributed by atoms with Crippen LogP contribution in [0.3, 0.4) is 0 Å². The fraction of sp³-hybridized carbons (Fsp3) is 0.167. The molecule has 18 heavy (non-hydrogen) atoms. The molecule has 0 aliphatic carbocycles. The number of aryl methyl sites for hydroxylation is 1. The fourth-order valence-electron chi connectivity index (χ4n) is 1.69. The van der Waals surface area contributed by atoms with Crippen LogP contribution in [0.1, 0.15) is 11.3 Å². The zero-order valence-corrected chi connectivity index (χ0v) is 11.4. The molecule has 0 unspecified atom stereocenters. The number of hydrogen-bond acceptors (Lipinski definition) is 4. The van der Waals surface area contributed by atoms with Crippen molar-refractivity contribution in [2.45, 2.75) is 13.5 Å². The van der Waals surface area contributed by atoms with E-state index < -0.39 is 0 Å². The van der Waals surface area contributed by atoms with Gasteiger partial charge in [-0.1, -0.05) is 0 Å². The number of hydrazine groups is 1. The van der Waals surface area contributed by atoms with Crippen molar-refractivity contribution in [1.29, 1.82) is 0 Å². The van der Waals surface area contributed by atoms with E-state index in [0.29, 0.717) is 12.1 Å². The molecule has 2 aromatic heterocycles. The third-order valence-electron chi connectivity index (χ3n) is 2.55. The lowest BCUT2D eigenvalue weighted by Crippen LogP contribution is -2.22. The molecule has 0 spiro atoms. The summed E-state index contributed by atoms with van der Waals surface area (Å²) >= 11 is 3.38. The van der Waals surface area contributed by atoms with Crippen LogP contribution in [0.4, 0.5) is 5.69 Å². The maximum Gasteiger partial charge on any atom is 0.253 e. The lowest BCUT2D eigenvalue weighted by atomic mass is 10.3. The minimum absolute atomic E-state index is 0.0221. The SMILES string of the molecule is Cc1cc(Br)cn(Cc2cc(NN)ccn2)c1=O. The van der Waals surface area contributed by atoms with E-state index in [1.54, 1.807) is 36.0 Å². The van der Waals surface area contributed by atoms with Gasteiger partial charge in [0.05, 0.1) is 17.9 Å². The Hall–Kier alpha value is -1.66. The van der Waals surface area contributed by atoms with Crippen molar-refractivity contribution in [2.75, 3.05) is 5.43 Å². The van der Waals surface area contributed by atoms with Crippen molar-refractivity contribution in [3.05, 3.63) is 56.7 Å². The Labute approximate surface area is 113 Å². The molecule has 0 aromatic carbocycles. The van der Waals surface area contributed by atoms with Gasteiger partial charge in [0.1, 0.15) is 0 Å². The Morgan fingerprint density at radius 3 is 3.00 bits per heavy atom. The molecule has 0 aliphatic rings. The zero-order valence-electron chi connectivity index (χ0n) is 9.85. The van der Waals surface area contributed by atoms with E-state index in [0.717, 1.165) is 15.9 Å². The topological polar surface area (TPSA) is 72.9 Å². The molecule has 3 N–H and O–H groups in total. The van der Waals surface area contributed by atoms with Gasteiger partial charge in [0.2, 0.25) is 0 Å². The number of halogens is 1. The second-order valence-corrected chi connectivity index (χ2v) is 4.87. The number of nitrogens with zero attached hydrogens (tertiary/aromatic N) is 2. The summed E-state index contributed by atoms with van der Waals surface area (Å²) < 4.78 is 2.48. The lowest BCUT2D eigenvalue weighted by Gasteiger charge is -2.08. The summed E-state index contributed by atoms with van der Waals surface area (Å²) in [5.74, 6) is 5.34. The molecule has 6 heteroatoms. The Morgan fingerprint density at radius 2 is 2.28 bits per heavy atom. The maximum absolute atomic E-state index is 12.0. The molecular formula is C12H13BrN4O. The Balaban J connectivity index is 2.36. The number of anilines is 1. The average Bonchev–Trinajstić information content (AvgIpc) is 2.35. The van der Waals surface area contributed by atoms with Gasteiger partial charge in [-0.05, 0) is 41.1 Å². The Morgan fingerprint density at radius 1 is 1.50 bits per heavy atom. The Kier molecular flexibility index (Phi) is 3.78. The third-order valence-corrected chi connectivity index (χ3v) is 2.98. The smallest absolute Gasteiger partial charge is 0.253 e. The summed E-state index contributed by atoms with van der Waals surface area (Å²) in [5.41, 5.74) is 4.76. The van der Waals surface area contributed by atoms with Crippen LogP contribution in [0, 0.1) is 6.92 Å². The van der Waals surface area contributed by atoms with Crippen molar-refractivity contribution in [2.24, 2.45) is 5.84 Å². The molecule has 0 atom stereocenters. The standard InChI is InChI=1S/C12H13BrN4O/c1-8-4-9(13)6-17(12(8)18)7-11-5-10(16-14)2-3-15-11/h2-6H,7,14H2,1H3,(H,15,16). The number of rotatable bonds is 3. The number of hydrogen-bond donors (Lipinski definition) is 2. The van der Waals surface area contributed by atoms with Gasteiger partial charge in [0.25, 0.3) is 5.56 Å². The molecule has 5 nitrogen and oxygen atoms in total. The highest BCUT2D eigenvalue weighted by Crippen LogP contribution is 2.11. The van der Waals surface area contributed by atoms with E-state index in [9.17, 15) is 4.79 Å². The summed E-state index contributed by atoms with van der Waals surface area (Å²) in [6.07, 6.45) is 3.40. The molecule has 2 rings (SSSR count). The first kappa shape index (κ1) is 12.8. The molecule has 2 heterocycles.